The second-order valence-corrected chi connectivity index (χ2v) is 7.52. The second kappa shape index (κ2) is 10.1. The summed E-state index contributed by atoms with van der Waals surface area (Å²) in [4.78, 5) is 50.5. The number of carbonyl (C=O) groups excluding carboxylic acids is 4. The first-order chi connectivity index (χ1) is 14.9. The van der Waals surface area contributed by atoms with Crippen molar-refractivity contribution >= 4 is 23.9 Å². The smallest absolute Gasteiger partial charge is 0.338 e. The van der Waals surface area contributed by atoms with Crippen LogP contribution in [0.15, 0.2) is 41.6 Å². The Morgan fingerprint density at radius 3 is 2.61 bits per heavy atom. The number of urea groups is 1. The largest absolute Gasteiger partial charge is 0.463 e. The van der Waals surface area contributed by atoms with Crippen molar-refractivity contribution in [2.24, 2.45) is 5.92 Å². The highest BCUT2D eigenvalue weighted by Crippen LogP contribution is 2.21. The molecule has 9 heteroatoms. The molecule has 0 saturated carbocycles. The Morgan fingerprint density at radius 2 is 1.90 bits per heavy atom. The minimum absolute atomic E-state index is 0.0850. The van der Waals surface area contributed by atoms with Crippen molar-refractivity contribution in [1.29, 1.82) is 0 Å². The van der Waals surface area contributed by atoms with Crippen molar-refractivity contribution in [2.75, 3.05) is 26.3 Å². The molecule has 0 spiro atoms. The number of nitrogens with one attached hydrogen (secondary N) is 2. The highest BCUT2D eigenvalue weighted by Gasteiger charge is 2.36. The van der Waals surface area contributed by atoms with Crippen LogP contribution in [0.25, 0.3) is 0 Å². The van der Waals surface area contributed by atoms with E-state index >= 15 is 0 Å². The Bertz CT molecular complexity index is 882. The maximum Gasteiger partial charge on any atom is 0.338 e. The van der Waals surface area contributed by atoms with Crippen molar-refractivity contribution < 1.29 is 28.7 Å². The van der Waals surface area contributed by atoms with Crippen molar-refractivity contribution in [3.63, 3.8) is 0 Å². The maximum absolute atomic E-state index is 12.6. The van der Waals surface area contributed by atoms with E-state index < -0.39 is 29.9 Å². The highest BCUT2D eigenvalue weighted by molar-refractivity contribution is 5.95. The van der Waals surface area contributed by atoms with E-state index in [1.807, 2.05) is 30.3 Å². The van der Waals surface area contributed by atoms with Crippen LogP contribution in [-0.2, 0) is 30.3 Å². The van der Waals surface area contributed by atoms with E-state index in [9.17, 15) is 19.2 Å². The molecular weight excluding hydrogens is 402 g/mol. The Balaban J connectivity index is 1.58. The van der Waals surface area contributed by atoms with Crippen molar-refractivity contribution in [3.8, 4) is 0 Å². The number of hydrogen-bond acceptors (Lipinski definition) is 6. The monoisotopic (exact) mass is 429 g/mol. The van der Waals surface area contributed by atoms with Crippen LogP contribution in [-0.4, -0.2) is 61.1 Å². The molecule has 2 atom stereocenters. The van der Waals surface area contributed by atoms with E-state index in [-0.39, 0.29) is 36.8 Å². The van der Waals surface area contributed by atoms with Gasteiger partial charge in [0.25, 0.3) is 0 Å². The molecule has 1 aromatic carbocycles. The summed E-state index contributed by atoms with van der Waals surface area (Å²) in [5, 5.41) is 5.09. The standard InChI is InChI=1S/C22H27N3O6/c1-3-30-21(28)19-14(2)23-22(29)24-17(19)13-31-20(27)16-11-18(26)25(12-16)10-9-15-7-5-4-6-8-15/h4-8,14,16H,3,9-13H2,1-2H3,(H2,23,24,29)/t14-,16-/m0/s1. The molecule has 2 aliphatic rings. The van der Waals surface area contributed by atoms with Crippen LogP contribution in [0.4, 0.5) is 4.79 Å². The molecule has 3 rings (SSSR count). The van der Waals surface area contributed by atoms with Gasteiger partial charge >= 0.3 is 18.0 Å². The molecule has 2 heterocycles. The summed E-state index contributed by atoms with van der Waals surface area (Å²) < 4.78 is 10.4. The first-order valence-electron chi connectivity index (χ1n) is 10.3. The predicted molar refractivity (Wildman–Crippen MR) is 111 cm³/mol. The lowest BCUT2D eigenvalue weighted by molar-refractivity contribution is -0.148. The summed E-state index contributed by atoms with van der Waals surface area (Å²) in [6.45, 7) is 4.05. The van der Waals surface area contributed by atoms with Gasteiger partial charge in [0.2, 0.25) is 5.91 Å². The molecule has 0 aliphatic carbocycles. The molecule has 1 aromatic rings. The van der Waals surface area contributed by atoms with Crippen LogP contribution >= 0.6 is 0 Å². The third-order valence-electron chi connectivity index (χ3n) is 5.29. The molecule has 31 heavy (non-hydrogen) atoms. The van der Waals surface area contributed by atoms with E-state index in [4.69, 9.17) is 9.47 Å². The fraction of sp³-hybridized carbons (Fsp3) is 0.455. The predicted octanol–water partition coefficient (Wildman–Crippen LogP) is 1.14. The molecule has 2 N–H and O–H groups in total. The van der Waals surface area contributed by atoms with Crippen molar-refractivity contribution in [1.82, 2.24) is 15.5 Å². The van der Waals surface area contributed by atoms with E-state index in [0.717, 1.165) is 5.56 Å². The van der Waals surface area contributed by atoms with Crippen LogP contribution in [0.3, 0.4) is 0 Å². The Kier molecular flexibility index (Phi) is 7.28. The van der Waals surface area contributed by atoms with Gasteiger partial charge in [-0.15, -0.1) is 0 Å². The lowest BCUT2D eigenvalue weighted by Crippen LogP contribution is -2.50. The van der Waals surface area contributed by atoms with E-state index in [1.165, 1.54) is 0 Å². The molecule has 0 aromatic heterocycles. The van der Waals surface area contributed by atoms with Gasteiger partial charge in [0.1, 0.15) is 6.61 Å². The van der Waals surface area contributed by atoms with E-state index in [2.05, 4.69) is 10.6 Å². The van der Waals surface area contributed by atoms with Gasteiger partial charge in [-0.1, -0.05) is 30.3 Å². The van der Waals surface area contributed by atoms with Crippen LogP contribution < -0.4 is 10.6 Å². The normalized spacial score (nSPS) is 20.9. The van der Waals surface area contributed by atoms with Crippen LogP contribution in [0.5, 0.6) is 0 Å². The van der Waals surface area contributed by atoms with Gasteiger partial charge in [-0.3, -0.25) is 9.59 Å². The van der Waals surface area contributed by atoms with Gasteiger partial charge < -0.3 is 25.0 Å². The fourth-order valence-electron chi connectivity index (χ4n) is 3.71. The quantitative estimate of drug-likeness (QED) is 0.599. The van der Waals surface area contributed by atoms with Gasteiger partial charge in [-0.2, -0.15) is 0 Å². The third-order valence-corrected chi connectivity index (χ3v) is 5.29. The van der Waals surface area contributed by atoms with Crippen LogP contribution in [0.2, 0.25) is 0 Å². The molecule has 0 radical (unpaired) electrons. The van der Waals surface area contributed by atoms with Gasteiger partial charge in [0.15, 0.2) is 0 Å². The lowest BCUT2D eigenvalue weighted by Gasteiger charge is -2.26. The zero-order valence-electron chi connectivity index (χ0n) is 17.7. The Morgan fingerprint density at radius 1 is 1.16 bits per heavy atom. The summed E-state index contributed by atoms with van der Waals surface area (Å²) >= 11 is 0. The van der Waals surface area contributed by atoms with Gasteiger partial charge in [-0.05, 0) is 25.8 Å². The summed E-state index contributed by atoms with van der Waals surface area (Å²) in [5.74, 6) is -1.79. The number of benzene rings is 1. The lowest BCUT2D eigenvalue weighted by atomic mass is 10.0. The zero-order chi connectivity index (χ0) is 22.4. The van der Waals surface area contributed by atoms with Crippen molar-refractivity contribution in [2.45, 2.75) is 32.7 Å². The number of amides is 3. The second-order valence-electron chi connectivity index (χ2n) is 7.52. The number of esters is 2. The van der Waals surface area contributed by atoms with Crippen LogP contribution in [0.1, 0.15) is 25.8 Å². The molecule has 1 saturated heterocycles. The number of ether oxygens (including phenoxy) is 2. The zero-order valence-corrected chi connectivity index (χ0v) is 17.7. The number of carbonyl (C=O) groups is 4. The Labute approximate surface area is 180 Å². The van der Waals surface area contributed by atoms with Gasteiger partial charge in [-0.25, -0.2) is 9.59 Å². The summed E-state index contributed by atoms with van der Waals surface area (Å²) in [6.07, 6.45) is 0.794. The molecule has 9 nitrogen and oxygen atoms in total. The minimum atomic E-state index is -0.586. The summed E-state index contributed by atoms with van der Waals surface area (Å²) in [7, 11) is 0. The summed E-state index contributed by atoms with van der Waals surface area (Å²) in [6, 6.07) is 8.75. The molecule has 0 bridgehead atoms. The number of nitrogens with zero attached hydrogens (tertiary/aromatic N) is 1. The van der Waals surface area contributed by atoms with Crippen LogP contribution in [0, 0.1) is 5.92 Å². The molecule has 166 valence electrons. The average molecular weight is 429 g/mol. The first kappa shape index (κ1) is 22.3. The minimum Gasteiger partial charge on any atom is -0.463 e. The number of hydrogen-bond donors (Lipinski definition) is 2. The van der Waals surface area contributed by atoms with E-state index in [0.29, 0.717) is 19.5 Å². The van der Waals surface area contributed by atoms with Gasteiger partial charge in [0.05, 0.1) is 29.8 Å². The molecular formula is C22H27N3O6. The Hall–Kier alpha value is -3.36. The SMILES string of the molecule is CCOC(=O)C1=C(COC(=O)[C@H]2CC(=O)N(CCc3ccccc3)C2)NC(=O)N[C@H]1C. The molecule has 0 unspecified atom stereocenters. The number of rotatable bonds is 8. The average Bonchev–Trinajstić information content (AvgIpc) is 3.11. The van der Waals surface area contributed by atoms with E-state index in [1.54, 1.807) is 18.7 Å². The fourth-order valence-corrected chi connectivity index (χ4v) is 3.71. The van der Waals surface area contributed by atoms with Crippen molar-refractivity contribution in [3.05, 3.63) is 47.2 Å². The number of likely N-dealkylation sites (tertiary alicyclic amines) is 1. The molecule has 2 aliphatic heterocycles. The highest BCUT2D eigenvalue weighted by atomic mass is 16.5. The topological polar surface area (TPSA) is 114 Å². The maximum atomic E-state index is 12.6. The third kappa shape index (κ3) is 5.62. The first-order valence-corrected chi connectivity index (χ1v) is 10.3. The summed E-state index contributed by atoms with van der Waals surface area (Å²) in [5.41, 5.74) is 1.52. The molecule has 1 fully saturated rings. The van der Waals surface area contributed by atoms with Gasteiger partial charge in [0, 0.05) is 19.5 Å². The molecule has 3 amide bonds.